The lowest BCUT2D eigenvalue weighted by Crippen LogP contribution is -2.16. The number of esters is 1. The van der Waals surface area contributed by atoms with Gasteiger partial charge in [-0.3, -0.25) is 14.9 Å². The molecule has 158 valence electrons. The van der Waals surface area contributed by atoms with Crippen molar-refractivity contribution < 1.29 is 22.9 Å². The van der Waals surface area contributed by atoms with E-state index in [4.69, 9.17) is 17.3 Å². The minimum Gasteiger partial charge on any atom is -0.469 e. The van der Waals surface area contributed by atoms with Gasteiger partial charge in [0, 0.05) is 28.6 Å². The van der Waals surface area contributed by atoms with Crippen LogP contribution in [-0.2, 0) is 26.0 Å². The van der Waals surface area contributed by atoms with Crippen molar-refractivity contribution in [1.82, 2.24) is 3.97 Å². The van der Waals surface area contributed by atoms with Gasteiger partial charge in [0.05, 0.1) is 22.4 Å². The molecule has 1 heterocycles. The van der Waals surface area contributed by atoms with E-state index in [0.29, 0.717) is 28.0 Å². The van der Waals surface area contributed by atoms with Crippen LogP contribution in [0, 0.1) is 10.1 Å². The third-order valence-corrected chi connectivity index (χ3v) is 6.57. The minimum atomic E-state index is -4.20. The number of nitro groups is 1. The zero-order valence-corrected chi connectivity index (χ0v) is 17.4. The fourth-order valence-electron chi connectivity index (χ4n) is 3.14. The monoisotopic (exact) mass is 451 g/mol. The maximum Gasteiger partial charge on any atom is 0.305 e. The number of hydrogen-bond donors (Lipinski definition) is 1. The highest BCUT2D eigenvalue weighted by molar-refractivity contribution is 7.90. The molecule has 11 heteroatoms. The molecule has 0 unspecified atom stereocenters. The van der Waals surface area contributed by atoms with Gasteiger partial charge >= 0.3 is 5.97 Å². The fraction of sp³-hybridized carbons (Fsp3) is 0.211. The summed E-state index contributed by atoms with van der Waals surface area (Å²) in [5, 5.41) is 12.2. The van der Waals surface area contributed by atoms with E-state index in [1.165, 1.54) is 19.2 Å². The van der Waals surface area contributed by atoms with Gasteiger partial charge in [-0.1, -0.05) is 11.6 Å². The lowest BCUT2D eigenvalue weighted by Gasteiger charge is -2.12. The number of benzene rings is 2. The van der Waals surface area contributed by atoms with Crippen LogP contribution in [0.25, 0.3) is 10.9 Å². The van der Waals surface area contributed by atoms with Crippen LogP contribution in [0.2, 0.25) is 5.02 Å². The molecule has 0 radical (unpaired) electrons. The van der Waals surface area contributed by atoms with Gasteiger partial charge in [-0.25, -0.2) is 12.4 Å². The number of hydrogen-bond acceptors (Lipinski definition) is 7. The molecule has 0 saturated carbocycles. The van der Waals surface area contributed by atoms with Crippen LogP contribution >= 0.6 is 11.6 Å². The number of nitrogens with zero attached hydrogens (tertiary/aromatic N) is 2. The van der Waals surface area contributed by atoms with Gasteiger partial charge < -0.3 is 10.5 Å². The number of aryl methyl sites for hydroxylation is 1. The Balaban J connectivity index is 2.15. The molecule has 1 aromatic heterocycles. The zero-order chi connectivity index (χ0) is 22.1. The molecule has 0 aliphatic rings. The predicted molar refractivity (Wildman–Crippen MR) is 112 cm³/mol. The van der Waals surface area contributed by atoms with Gasteiger partial charge in [-0.2, -0.15) is 0 Å². The van der Waals surface area contributed by atoms with Gasteiger partial charge in [0.25, 0.3) is 15.7 Å². The van der Waals surface area contributed by atoms with Crippen molar-refractivity contribution >= 4 is 49.9 Å². The summed E-state index contributed by atoms with van der Waals surface area (Å²) in [6.45, 7) is 0. The van der Waals surface area contributed by atoms with Crippen molar-refractivity contribution in [3.8, 4) is 0 Å². The largest absolute Gasteiger partial charge is 0.469 e. The summed E-state index contributed by atoms with van der Waals surface area (Å²) in [5.74, 6) is -0.405. The quantitative estimate of drug-likeness (QED) is 0.251. The number of carbonyl (C=O) groups excluding carboxylic acids is 1. The molecule has 2 N–H and O–H groups in total. The Morgan fingerprint density at radius 3 is 2.63 bits per heavy atom. The molecule has 0 aliphatic carbocycles. The molecule has 0 atom stereocenters. The number of carbonyl (C=O) groups is 1. The Morgan fingerprint density at radius 1 is 1.23 bits per heavy atom. The first-order valence-corrected chi connectivity index (χ1v) is 10.6. The number of anilines is 1. The number of rotatable bonds is 7. The molecule has 3 rings (SSSR count). The topological polar surface area (TPSA) is 135 Å². The maximum atomic E-state index is 13.4. The van der Waals surface area contributed by atoms with Crippen LogP contribution in [0.5, 0.6) is 0 Å². The number of ether oxygens (including phenoxy) is 1. The number of halogens is 1. The van der Waals surface area contributed by atoms with Gasteiger partial charge in [0.15, 0.2) is 0 Å². The number of aromatic nitrogens is 1. The van der Waals surface area contributed by atoms with Crippen molar-refractivity contribution in [3.05, 3.63) is 63.3 Å². The SMILES string of the molecule is COC(=O)CCCc1cc2cc(Cl)ccc2n1S(=O)(=O)c1ccc(N)c([N+](=O)[O-])c1. The standard InChI is InChI=1S/C19H18ClN3O6S/c1-29-19(24)4-2-3-14-10-12-9-13(20)5-8-17(12)22(14)30(27,28)15-6-7-16(21)18(11-15)23(25)26/h5-11H,2-4,21H2,1H3. The lowest BCUT2D eigenvalue weighted by molar-refractivity contribution is -0.384. The van der Waals surface area contributed by atoms with Crippen molar-refractivity contribution in [3.63, 3.8) is 0 Å². The number of nitro benzene ring substituents is 1. The molecular formula is C19H18ClN3O6S. The van der Waals surface area contributed by atoms with Crippen molar-refractivity contribution in [1.29, 1.82) is 0 Å². The molecule has 0 amide bonds. The van der Waals surface area contributed by atoms with Gasteiger partial charge in [0.2, 0.25) is 0 Å². The molecule has 0 fully saturated rings. The smallest absolute Gasteiger partial charge is 0.305 e. The average Bonchev–Trinajstić information content (AvgIpc) is 3.05. The van der Waals surface area contributed by atoms with Gasteiger partial charge in [-0.05, 0) is 49.2 Å². The highest BCUT2D eigenvalue weighted by Crippen LogP contribution is 2.31. The van der Waals surface area contributed by atoms with Crippen LogP contribution in [0.1, 0.15) is 18.5 Å². The van der Waals surface area contributed by atoms with Crippen LogP contribution in [0.4, 0.5) is 11.4 Å². The molecule has 0 bridgehead atoms. The van der Waals surface area contributed by atoms with E-state index in [1.54, 1.807) is 24.3 Å². The number of fused-ring (bicyclic) bond motifs is 1. The summed E-state index contributed by atoms with van der Waals surface area (Å²) < 4.78 is 32.6. The second-order valence-corrected chi connectivity index (χ2v) is 8.74. The van der Waals surface area contributed by atoms with E-state index in [-0.39, 0.29) is 23.4 Å². The average molecular weight is 452 g/mol. The molecule has 0 spiro atoms. The Labute approximate surface area is 177 Å². The Morgan fingerprint density at radius 2 is 1.97 bits per heavy atom. The molecule has 3 aromatic rings. The molecule has 2 aromatic carbocycles. The minimum absolute atomic E-state index is 0.117. The summed E-state index contributed by atoms with van der Waals surface area (Å²) in [6.07, 6.45) is 0.734. The molecule has 0 aliphatic heterocycles. The maximum absolute atomic E-state index is 13.4. The van der Waals surface area contributed by atoms with E-state index in [1.807, 2.05) is 0 Å². The van der Waals surface area contributed by atoms with Crippen molar-refractivity contribution in [2.75, 3.05) is 12.8 Å². The fourth-order valence-corrected chi connectivity index (χ4v) is 4.91. The van der Waals surface area contributed by atoms with E-state index in [0.717, 1.165) is 10.0 Å². The first-order chi connectivity index (χ1) is 14.1. The Kier molecular flexibility index (Phi) is 5.99. The van der Waals surface area contributed by atoms with E-state index >= 15 is 0 Å². The van der Waals surface area contributed by atoms with E-state index in [2.05, 4.69) is 4.74 Å². The van der Waals surface area contributed by atoms with Crippen LogP contribution in [0.3, 0.4) is 0 Å². The Hall–Kier alpha value is -3.11. The summed E-state index contributed by atoms with van der Waals surface area (Å²) >= 11 is 6.04. The molecule has 9 nitrogen and oxygen atoms in total. The number of nitrogen functional groups attached to an aromatic ring is 1. The summed E-state index contributed by atoms with van der Waals surface area (Å²) in [5.41, 5.74) is 5.74. The lowest BCUT2D eigenvalue weighted by atomic mass is 10.2. The second-order valence-electron chi connectivity index (χ2n) is 6.52. The molecule has 0 saturated heterocycles. The predicted octanol–water partition coefficient (Wildman–Crippen LogP) is 3.52. The zero-order valence-electron chi connectivity index (χ0n) is 15.9. The van der Waals surface area contributed by atoms with Crippen molar-refractivity contribution in [2.24, 2.45) is 0 Å². The van der Waals surface area contributed by atoms with Crippen LogP contribution < -0.4 is 5.73 Å². The van der Waals surface area contributed by atoms with Crippen LogP contribution in [-0.4, -0.2) is 30.4 Å². The second kappa shape index (κ2) is 8.33. The highest BCUT2D eigenvalue weighted by Gasteiger charge is 2.26. The number of nitrogens with two attached hydrogens (primary N) is 1. The van der Waals surface area contributed by atoms with E-state index in [9.17, 15) is 23.3 Å². The van der Waals surface area contributed by atoms with Gasteiger partial charge in [0.1, 0.15) is 5.69 Å². The normalized spacial score (nSPS) is 11.5. The van der Waals surface area contributed by atoms with Crippen molar-refractivity contribution in [2.45, 2.75) is 24.2 Å². The highest BCUT2D eigenvalue weighted by atomic mass is 35.5. The van der Waals surface area contributed by atoms with E-state index < -0.39 is 26.6 Å². The third kappa shape index (κ3) is 4.10. The third-order valence-electron chi connectivity index (χ3n) is 4.57. The van der Waals surface area contributed by atoms with Crippen LogP contribution in [0.15, 0.2) is 47.4 Å². The first kappa shape index (κ1) is 21.6. The molecule has 30 heavy (non-hydrogen) atoms. The summed E-state index contributed by atoms with van der Waals surface area (Å²) in [7, 11) is -2.92. The number of methoxy groups -OCH3 is 1. The molecular weight excluding hydrogens is 434 g/mol. The summed E-state index contributed by atoms with van der Waals surface area (Å²) in [4.78, 5) is 21.6. The summed E-state index contributed by atoms with van der Waals surface area (Å²) in [6, 6.07) is 9.75. The first-order valence-electron chi connectivity index (χ1n) is 8.81. The Bertz CT molecular complexity index is 1250. The van der Waals surface area contributed by atoms with Gasteiger partial charge in [-0.15, -0.1) is 0 Å².